The molecule has 0 saturated carbocycles. The Morgan fingerprint density at radius 2 is 1.09 bits per heavy atom. The highest BCUT2D eigenvalue weighted by Crippen LogP contribution is 2.33. The number of hydrogen-bond acceptors (Lipinski definition) is 14. The molecular weight excluding hydrogens is 452 g/mol. The summed E-state index contributed by atoms with van der Waals surface area (Å²) in [6.45, 7) is 2.34. The summed E-state index contributed by atoms with van der Waals surface area (Å²) in [5, 5.41) is 80.8. The maximum absolute atomic E-state index is 10.8. The van der Waals surface area contributed by atoms with E-state index in [0.29, 0.717) is 0 Å². The first-order chi connectivity index (χ1) is 15.5. The summed E-state index contributed by atoms with van der Waals surface area (Å²) in [5.74, 6) is 0. The lowest BCUT2D eigenvalue weighted by Crippen LogP contribution is -2.66. The Balaban J connectivity index is 1.82. The van der Waals surface area contributed by atoms with Crippen LogP contribution in [0.25, 0.3) is 0 Å². The van der Waals surface area contributed by atoms with Gasteiger partial charge in [-0.05, 0) is 13.8 Å². The van der Waals surface area contributed by atoms with Crippen molar-refractivity contribution in [3.05, 3.63) is 0 Å². The van der Waals surface area contributed by atoms with E-state index in [9.17, 15) is 40.9 Å². The van der Waals surface area contributed by atoms with Gasteiger partial charge >= 0.3 is 0 Å². The maximum Gasteiger partial charge on any atom is 0.187 e. The number of hydrogen-bond donors (Lipinski definition) is 8. The maximum atomic E-state index is 10.8. The second-order valence-corrected chi connectivity index (χ2v) is 8.52. The third kappa shape index (κ3) is 5.34. The van der Waals surface area contributed by atoms with Crippen LogP contribution in [0.3, 0.4) is 0 Å². The molecule has 15 atom stereocenters. The van der Waals surface area contributed by atoms with Crippen LogP contribution in [-0.2, 0) is 28.4 Å². The fourth-order valence-electron chi connectivity index (χ4n) is 4.14. The van der Waals surface area contributed by atoms with Crippen molar-refractivity contribution in [2.45, 2.75) is 106 Å². The number of methoxy groups -OCH3 is 1. The van der Waals surface area contributed by atoms with Crippen LogP contribution in [0, 0.1) is 0 Å². The van der Waals surface area contributed by atoms with E-state index in [1.165, 1.54) is 14.0 Å². The fraction of sp³-hybridized carbons (Fsp3) is 1.00. The van der Waals surface area contributed by atoms with Gasteiger partial charge in [0.25, 0.3) is 0 Å². The van der Waals surface area contributed by atoms with E-state index < -0.39 is 98.7 Å². The first kappa shape index (κ1) is 27.0. The lowest BCUT2D eigenvalue weighted by Gasteiger charge is -2.48. The molecule has 0 bridgehead atoms. The molecule has 3 rings (SSSR count). The molecule has 8 N–H and O–H groups in total. The second kappa shape index (κ2) is 11.0. The van der Waals surface area contributed by atoms with E-state index >= 15 is 0 Å². The Hall–Kier alpha value is -0.560. The van der Waals surface area contributed by atoms with Gasteiger partial charge in [-0.3, -0.25) is 0 Å². The summed E-state index contributed by atoms with van der Waals surface area (Å²) in [6, 6.07) is 0. The highest BCUT2D eigenvalue weighted by Gasteiger charge is 2.53. The van der Waals surface area contributed by atoms with E-state index in [2.05, 4.69) is 0 Å². The van der Waals surface area contributed by atoms with Crippen molar-refractivity contribution >= 4 is 0 Å². The molecule has 0 radical (unpaired) electrons. The summed E-state index contributed by atoms with van der Waals surface area (Å²) >= 11 is 0. The second-order valence-electron chi connectivity index (χ2n) is 8.52. The van der Waals surface area contributed by atoms with E-state index in [1.54, 1.807) is 6.92 Å². The van der Waals surface area contributed by atoms with E-state index in [4.69, 9.17) is 28.4 Å². The van der Waals surface area contributed by atoms with Crippen molar-refractivity contribution in [1.29, 1.82) is 0 Å². The first-order valence-electron chi connectivity index (χ1n) is 10.7. The van der Waals surface area contributed by atoms with Gasteiger partial charge in [0, 0.05) is 7.11 Å². The molecule has 14 heteroatoms. The minimum absolute atomic E-state index is 0.682. The van der Waals surface area contributed by atoms with Gasteiger partial charge in [-0.15, -0.1) is 0 Å². The van der Waals surface area contributed by atoms with E-state index in [1.807, 2.05) is 0 Å². The molecule has 0 aromatic rings. The van der Waals surface area contributed by atoms with E-state index in [-0.39, 0.29) is 0 Å². The third-order valence-electron chi connectivity index (χ3n) is 6.22. The van der Waals surface area contributed by atoms with Gasteiger partial charge in [0.1, 0.15) is 61.0 Å². The van der Waals surface area contributed by atoms with Crippen molar-refractivity contribution < 1.29 is 69.3 Å². The fourth-order valence-corrected chi connectivity index (χ4v) is 4.14. The molecule has 0 amide bonds. The van der Waals surface area contributed by atoms with Gasteiger partial charge in [0.05, 0.1) is 18.8 Å². The highest BCUT2D eigenvalue weighted by atomic mass is 16.8. The van der Waals surface area contributed by atoms with Crippen LogP contribution in [0.5, 0.6) is 0 Å². The van der Waals surface area contributed by atoms with Crippen molar-refractivity contribution in [1.82, 2.24) is 0 Å². The Kier molecular flexibility index (Phi) is 9.02. The van der Waals surface area contributed by atoms with Crippen molar-refractivity contribution in [3.63, 3.8) is 0 Å². The molecule has 3 heterocycles. The number of ether oxygens (including phenoxy) is 6. The zero-order chi connectivity index (χ0) is 24.6. The molecular formula is C19H34O14. The normalized spacial score (nSPS) is 53.7. The molecule has 0 spiro atoms. The summed E-state index contributed by atoms with van der Waals surface area (Å²) in [6.07, 6.45) is -20.9. The summed E-state index contributed by atoms with van der Waals surface area (Å²) in [4.78, 5) is 0. The van der Waals surface area contributed by atoms with Crippen LogP contribution >= 0.6 is 0 Å². The van der Waals surface area contributed by atoms with Crippen molar-refractivity contribution in [3.8, 4) is 0 Å². The highest BCUT2D eigenvalue weighted by molar-refractivity contribution is 4.95. The zero-order valence-electron chi connectivity index (χ0n) is 18.4. The van der Waals surface area contributed by atoms with Gasteiger partial charge in [-0.1, -0.05) is 0 Å². The molecule has 0 unspecified atom stereocenters. The summed E-state index contributed by atoms with van der Waals surface area (Å²) in [5.41, 5.74) is 0. The topological polar surface area (TPSA) is 217 Å². The Morgan fingerprint density at radius 1 is 0.576 bits per heavy atom. The Morgan fingerprint density at radius 3 is 1.67 bits per heavy atom. The molecule has 3 fully saturated rings. The molecule has 0 aliphatic carbocycles. The minimum atomic E-state index is -1.75. The lowest BCUT2D eigenvalue weighted by atomic mass is 9.96. The Labute approximate surface area is 189 Å². The molecule has 3 aliphatic rings. The van der Waals surface area contributed by atoms with Gasteiger partial charge in [0.2, 0.25) is 0 Å². The average Bonchev–Trinajstić information content (AvgIpc) is 2.79. The molecule has 0 aromatic heterocycles. The number of aliphatic hydroxyl groups excluding tert-OH is 8. The van der Waals surface area contributed by atoms with Crippen LogP contribution in [-0.4, -0.2) is 147 Å². The Bertz CT molecular complexity index is 623. The van der Waals surface area contributed by atoms with Crippen LogP contribution in [0.1, 0.15) is 13.8 Å². The SMILES string of the molecule is CO[C@@H]1O[C@@H](C)[C@H](O[C@@H]2O[C@@H](C)[C@H](O)[C@@H](O)[C@H]2O)[C@@H](O[C@@H]2O[C@H](CO)[C@@H](O)[C@H](O)[C@H]2O)[C@H]1O. The van der Waals surface area contributed by atoms with Crippen LogP contribution in [0.15, 0.2) is 0 Å². The third-order valence-corrected chi connectivity index (χ3v) is 6.22. The average molecular weight is 486 g/mol. The van der Waals surface area contributed by atoms with Crippen LogP contribution in [0.4, 0.5) is 0 Å². The van der Waals surface area contributed by atoms with Gasteiger partial charge < -0.3 is 69.3 Å². The van der Waals surface area contributed by atoms with Gasteiger partial charge in [-0.2, -0.15) is 0 Å². The molecule has 14 nitrogen and oxygen atoms in total. The summed E-state index contributed by atoms with van der Waals surface area (Å²) < 4.78 is 33.0. The standard InChI is InChI=1S/C19H34O14/c1-5-8(21)10(23)12(25)18(29-5)32-15-6(2)30-17(28-3)14(27)16(15)33-19-13(26)11(24)9(22)7(4-20)31-19/h5-27H,4H2,1-3H3/t5-,6-,7+,8-,9+,10+,11-,12+,13+,14+,15-,16-,17+,18-,19-/m0/s1. The van der Waals surface area contributed by atoms with Gasteiger partial charge in [0.15, 0.2) is 18.9 Å². The molecule has 33 heavy (non-hydrogen) atoms. The van der Waals surface area contributed by atoms with Crippen LogP contribution in [0.2, 0.25) is 0 Å². The van der Waals surface area contributed by atoms with Gasteiger partial charge in [-0.25, -0.2) is 0 Å². The lowest BCUT2D eigenvalue weighted by molar-refractivity contribution is -0.381. The number of rotatable bonds is 6. The van der Waals surface area contributed by atoms with Crippen molar-refractivity contribution in [2.75, 3.05) is 13.7 Å². The largest absolute Gasteiger partial charge is 0.394 e. The van der Waals surface area contributed by atoms with Crippen LogP contribution < -0.4 is 0 Å². The molecule has 3 aliphatic heterocycles. The molecule has 3 saturated heterocycles. The van der Waals surface area contributed by atoms with Crippen molar-refractivity contribution in [2.24, 2.45) is 0 Å². The summed E-state index contributed by atoms with van der Waals surface area (Å²) in [7, 11) is 1.28. The molecule has 194 valence electrons. The minimum Gasteiger partial charge on any atom is -0.394 e. The number of aliphatic hydroxyl groups is 8. The quantitative estimate of drug-likeness (QED) is 0.177. The predicted octanol–water partition coefficient (Wildman–Crippen LogP) is -4.86. The zero-order valence-corrected chi connectivity index (χ0v) is 18.4. The predicted molar refractivity (Wildman–Crippen MR) is 103 cm³/mol. The monoisotopic (exact) mass is 486 g/mol. The molecule has 0 aromatic carbocycles. The first-order valence-corrected chi connectivity index (χ1v) is 10.7. The van der Waals surface area contributed by atoms with E-state index in [0.717, 1.165) is 0 Å². The smallest absolute Gasteiger partial charge is 0.187 e.